The van der Waals surface area contributed by atoms with E-state index in [9.17, 15) is 14.4 Å². The summed E-state index contributed by atoms with van der Waals surface area (Å²) < 4.78 is 11.1. The second-order valence-electron chi connectivity index (χ2n) is 8.95. The van der Waals surface area contributed by atoms with Crippen LogP contribution in [-0.2, 0) is 16.1 Å². The standard InChI is InChI=1S/C30H28Cl2N4O5/c1-4-40-29(38)20-9-5-6-10-23(20)35-30(39)33-16-26(37)36(3)24-15-14-22(31)21(27(24)32)17-41-25-11-7-8-19-13-12-18(2)34-28(19)25/h5-15H,4,16-17H2,1-3H3,(H2,33,35,39). The number of rotatable bonds is 9. The number of halogens is 2. The van der Waals surface area contributed by atoms with Crippen LogP contribution in [0.25, 0.3) is 10.9 Å². The number of likely N-dealkylation sites (N-methyl/N-ethyl adjacent to an activating group) is 1. The number of benzene rings is 3. The molecule has 0 fully saturated rings. The Balaban J connectivity index is 1.42. The Morgan fingerprint density at radius 1 is 0.976 bits per heavy atom. The van der Waals surface area contributed by atoms with Crippen LogP contribution < -0.4 is 20.3 Å². The van der Waals surface area contributed by atoms with E-state index in [1.54, 1.807) is 37.3 Å². The lowest BCUT2D eigenvalue weighted by atomic mass is 10.1. The zero-order valence-corrected chi connectivity index (χ0v) is 24.2. The molecule has 1 aromatic heterocycles. The number of hydrogen-bond donors (Lipinski definition) is 2. The third kappa shape index (κ3) is 7.06. The van der Waals surface area contributed by atoms with Gasteiger partial charge in [0.1, 0.15) is 17.9 Å². The molecule has 0 aliphatic rings. The normalized spacial score (nSPS) is 10.7. The molecule has 0 aliphatic heterocycles. The Hall–Kier alpha value is -4.34. The van der Waals surface area contributed by atoms with Crippen LogP contribution in [0.3, 0.4) is 0 Å². The van der Waals surface area contributed by atoms with Gasteiger partial charge < -0.3 is 25.0 Å². The number of pyridine rings is 1. The Morgan fingerprint density at radius 3 is 2.54 bits per heavy atom. The molecular formula is C30H28Cl2N4O5. The maximum Gasteiger partial charge on any atom is 0.340 e. The molecule has 41 heavy (non-hydrogen) atoms. The number of ether oxygens (including phenoxy) is 2. The van der Waals surface area contributed by atoms with Crippen LogP contribution in [0.15, 0.2) is 66.7 Å². The van der Waals surface area contributed by atoms with E-state index in [-0.39, 0.29) is 36.0 Å². The molecule has 11 heteroatoms. The number of urea groups is 1. The largest absolute Gasteiger partial charge is 0.487 e. The molecule has 2 N–H and O–H groups in total. The van der Waals surface area contributed by atoms with E-state index >= 15 is 0 Å². The molecule has 4 rings (SSSR count). The van der Waals surface area contributed by atoms with Crippen LogP contribution in [0.4, 0.5) is 16.2 Å². The molecule has 0 unspecified atom stereocenters. The van der Waals surface area contributed by atoms with Crippen LogP contribution in [0.1, 0.15) is 28.5 Å². The van der Waals surface area contributed by atoms with Crippen molar-refractivity contribution < 1.29 is 23.9 Å². The summed E-state index contributed by atoms with van der Waals surface area (Å²) in [5.74, 6) is -0.431. The summed E-state index contributed by atoms with van der Waals surface area (Å²) in [6.07, 6.45) is 0. The number of aromatic nitrogens is 1. The fourth-order valence-corrected chi connectivity index (χ4v) is 4.62. The molecule has 3 amide bonds. The van der Waals surface area contributed by atoms with E-state index in [4.69, 9.17) is 32.7 Å². The second-order valence-corrected chi connectivity index (χ2v) is 9.74. The molecule has 4 aromatic rings. The molecule has 0 atom stereocenters. The van der Waals surface area contributed by atoms with Gasteiger partial charge >= 0.3 is 12.0 Å². The highest BCUT2D eigenvalue weighted by Gasteiger charge is 2.20. The quantitative estimate of drug-likeness (QED) is 0.217. The van der Waals surface area contributed by atoms with E-state index in [0.717, 1.165) is 16.6 Å². The lowest BCUT2D eigenvalue weighted by molar-refractivity contribution is -0.117. The molecule has 9 nitrogen and oxygen atoms in total. The number of aryl methyl sites for hydroxylation is 1. The zero-order valence-electron chi connectivity index (χ0n) is 22.7. The predicted molar refractivity (Wildman–Crippen MR) is 160 cm³/mol. The summed E-state index contributed by atoms with van der Waals surface area (Å²) in [7, 11) is 1.54. The number of carbonyl (C=O) groups excluding carboxylic acids is 3. The maximum absolute atomic E-state index is 12.9. The zero-order chi connectivity index (χ0) is 29.5. The number of amides is 3. The minimum absolute atomic E-state index is 0.0444. The first-order valence-corrected chi connectivity index (χ1v) is 13.5. The molecule has 0 spiro atoms. The summed E-state index contributed by atoms with van der Waals surface area (Å²) in [4.78, 5) is 43.5. The fraction of sp³-hybridized carbons (Fsp3) is 0.200. The topological polar surface area (TPSA) is 110 Å². The van der Waals surface area contributed by atoms with E-state index in [0.29, 0.717) is 22.0 Å². The van der Waals surface area contributed by atoms with Crippen molar-refractivity contribution >= 4 is 63.4 Å². The van der Waals surface area contributed by atoms with Crippen molar-refractivity contribution in [2.45, 2.75) is 20.5 Å². The highest BCUT2D eigenvalue weighted by atomic mass is 35.5. The summed E-state index contributed by atoms with van der Waals surface area (Å²) in [6.45, 7) is 3.50. The van der Waals surface area contributed by atoms with Gasteiger partial charge in [0.15, 0.2) is 0 Å². The van der Waals surface area contributed by atoms with E-state index < -0.39 is 17.9 Å². The first-order valence-electron chi connectivity index (χ1n) is 12.7. The van der Waals surface area contributed by atoms with Gasteiger partial charge in [0.25, 0.3) is 0 Å². The van der Waals surface area contributed by atoms with Crippen LogP contribution in [0.2, 0.25) is 10.0 Å². The number of nitrogens with zero attached hydrogens (tertiary/aromatic N) is 2. The van der Waals surface area contributed by atoms with Gasteiger partial charge in [0.2, 0.25) is 5.91 Å². The van der Waals surface area contributed by atoms with Crippen molar-refractivity contribution in [1.82, 2.24) is 10.3 Å². The first kappa shape index (κ1) is 29.6. The Kier molecular flexibility index (Phi) is 9.65. The van der Waals surface area contributed by atoms with Gasteiger partial charge in [0.05, 0.1) is 35.1 Å². The Labute approximate surface area is 247 Å². The number of anilines is 2. The average molecular weight is 595 g/mol. The Bertz CT molecular complexity index is 1610. The van der Waals surface area contributed by atoms with Crippen molar-refractivity contribution in [2.75, 3.05) is 30.4 Å². The Morgan fingerprint density at radius 2 is 1.76 bits per heavy atom. The second kappa shape index (κ2) is 13.3. The van der Waals surface area contributed by atoms with Gasteiger partial charge in [-0.2, -0.15) is 0 Å². The van der Waals surface area contributed by atoms with Crippen LogP contribution in [0, 0.1) is 6.92 Å². The lowest BCUT2D eigenvalue weighted by Crippen LogP contribution is -2.40. The van der Waals surface area contributed by atoms with Crippen molar-refractivity contribution in [2.24, 2.45) is 0 Å². The minimum atomic E-state index is -0.668. The van der Waals surface area contributed by atoms with E-state index in [2.05, 4.69) is 15.6 Å². The third-order valence-corrected chi connectivity index (χ3v) is 6.94. The molecule has 212 valence electrons. The van der Waals surface area contributed by atoms with Crippen LogP contribution in [0.5, 0.6) is 5.75 Å². The minimum Gasteiger partial charge on any atom is -0.487 e. The predicted octanol–water partition coefficient (Wildman–Crippen LogP) is 6.39. The van der Waals surface area contributed by atoms with E-state index in [1.807, 2.05) is 37.3 Å². The number of carbonyl (C=O) groups is 3. The van der Waals surface area contributed by atoms with Crippen molar-refractivity contribution in [3.05, 3.63) is 93.6 Å². The van der Waals surface area contributed by atoms with Crippen LogP contribution >= 0.6 is 23.2 Å². The van der Waals surface area contributed by atoms with Gasteiger partial charge in [0, 0.05) is 28.7 Å². The summed E-state index contributed by atoms with van der Waals surface area (Å²) in [5, 5.41) is 6.63. The van der Waals surface area contributed by atoms with E-state index in [1.165, 1.54) is 18.0 Å². The monoisotopic (exact) mass is 594 g/mol. The van der Waals surface area contributed by atoms with Gasteiger partial charge in [-0.1, -0.05) is 53.5 Å². The van der Waals surface area contributed by atoms with Crippen molar-refractivity contribution in [3.63, 3.8) is 0 Å². The highest BCUT2D eigenvalue weighted by molar-refractivity contribution is 6.38. The highest BCUT2D eigenvalue weighted by Crippen LogP contribution is 2.35. The van der Waals surface area contributed by atoms with Gasteiger partial charge in [-0.05, 0) is 50.2 Å². The molecule has 0 radical (unpaired) electrons. The van der Waals surface area contributed by atoms with Gasteiger partial charge in [-0.25, -0.2) is 14.6 Å². The molecule has 0 saturated carbocycles. The van der Waals surface area contributed by atoms with Crippen molar-refractivity contribution in [3.8, 4) is 5.75 Å². The van der Waals surface area contributed by atoms with Crippen LogP contribution in [-0.4, -0.2) is 43.1 Å². The lowest BCUT2D eigenvalue weighted by Gasteiger charge is -2.21. The summed E-state index contributed by atoms with van der Waals surface area (Å²) in [6, 6.07) is 18.5. The molecular weight excluding hydrogens is 567 g/mol. The van der Waals surface area contributed by atoms with Crippen molar-refractivity contribution in [1.29, 1.82) is 0 Å². The molecule has 0 saturated heterocycles. The average Bonchev–Trinajstić information content (AvgIpc) is 2.96. The SMILES string of the molecule is CCOC(=O)c1ccccc1NC(=O)NCC(=O)N(C)c1ccc(Cl)c(COc2cccc3ccc(C)nc23)c1Cl. The van der Waals surface area contributed by atoms with Gasteiger partial charge in [-0.15, -0.1) is 0 Å². The maximum atomic E-state index is 12.9. The molecule has 0 aliphatic carbocycles. The number of hydrogen-bond acceptors (Lipinski definition) is 6. The van der Waals surface area contributed by atoms with Gasteiger partial charge in [-0.3, -0.25) is 4.79 Å². The third-order valence-electron chi connectivity index (χ3n) is 6.17. The number of fused-ring (bicyclic) bond motifs is 1. The fourth-order valence-electron chi connectivity index (χ4n) is 4.01. The molecule has 3 aromatic carbocycles. The number of nitrogens with one attached hydrogen (secondary N) is 2. The number of para-hydroxylation sites is 2. The molecule has 0 bridgehead atoms. The first-order chi connectivity index (χ1) is 19.7. The summed E-state index contributed by atoms with van der Waals surface area (Å²) in [5.41, 5.74) is 2.92. The smallest absolute Gasteiger partial charge is 0.340 e. The molecule has 1 heterocycles. The summed E-state index contributed by atoms with van der Waals surface area (Å²) >= 11 is 13.1. The number of esters is 1.